The number of carbonyl (C=O) groups excluding carboxylic acids is 1. The predicted octanol–water partition coefficient (Wildman–Crippen LogP) is -0.503. The SMILES string of the molecule is COc1ncnc2c1nc(SCC(=O)O)n2CC(N)=O. The number of hydrogen-bond acceptors (Lipinski definition) is 7. The van der Waals surface area contributed by atoms with Gasteiger partial charge < -0.3 is 15.6 Å². The number of primary amides is 1. The Labute approximate surface area is 117 Å². The molecule has 0 fully saturated rings. The molecule has 0 unspecified atom stereocenters. The van der Waals surface area contributed by atoms with Gasteiger partial charge in [-0.3, -0.25) is 14.2 Å². The fourth-order valence-corrected chi connectivity index (χ4v) is 2.30. The standard InChI is InChI=1S/C10H11N5O4S/c1-19-9-7-8(12-4-13-9)15(2-5(11)16)10(14-7)20-3-6(17)18/h4H,2-3H2,1H3,(H2,11,16)(H,17,18). The van der Waals surface area contributed by atoms with Crippen molar-refractivity contribution in [2.75, 3.05) is 12.9 Å². The topological polar surface area (TPSA) is 133 Å². The second-order valence-corrected chi connectivity index (χ2v) is 4.63. The van der Waals surface area contributed by atoms with E-state index in [1.165, 1.54) is 18.0 Å². The number of carboxylic acid groups (broad SMARTS) is 1. The normalized spacial score (nSPS) is 10.7. The van der Waals surface area contributed by atoms with E-state index in [2.05, 4.69) is 15.0 Å². The number of rotatable bonds is 6. The molecule has 0 aliphatic carbocycles. The summed E-state index contributed by atoms with van der Waals surface area (Å²) in [6, 6.07) is 0. The molecular weight excluding hydrogens is 286 g/mol. The van der Waals surface area contributed by atoms with Gasteiger partial charge in [-0.15, -0.1) is 0 Å². The zero-order valence-corrected chi connectivity index (χ0v) is 11.3. The summed E-state index contributed by atoms with van der Waals surface area (Å²) in [6.07, 6.45) is 1.27. The van der Waals surface area contributed by atoms with E-state index < -0.39 is 11.9 Å². The zero-order chi connectivity index (χ0) is 14.7. The lowest BCUT2D eigenvalue weighted by atomic mass is 10.5. The molecule has 2 rings (SSSR count). The van der Waals surface area contributed by atoms with E-state index in [1.54, 1.807) is 0 Å². The van der Waals surface area contributed by atoms with Crippen molar-refractivity contribution in [1.82, 2.24) is 19.5 Å². The van der Waals surface area contributed by atoms with E-state index in [1.807, 2.05) is 0 Å². The van der Waals surface area contributed by atoms with Gasteiger partial charge in [-0.25, -0.2) is 9.97 Å². The Kier molecular flexibility index (Phi) is 4.03. The number of hydrogen-bond donors (Lipinski definition) is 2. The molecule has 3 N–H and O–H groups in total. The summed E-state index contributed by atoms with van der Waals surface area (Å²) in [5, 5.41) is 9.04. The molecule has 20 heavy (non-hydrogen) atoms. The Balaban J connectivity index is 2.53. The average Bonchev–Trinajstić information content (AvgIpc) is 2.74. The number of amides is 1. The minimum atomic E-state index is -0.995. The highest BCUT2D eigenvalue weighted by molar-refractivity contribution is 7.99. The molecule has 0 bridgehead atoms. The van der Waals surface area contributed by atoms with Crippen LogP contribution in [-0.4, -0.2) is 49.4 Å². The van der Waals surface area contributed by atoms with Crippen molar-refractivity contribution in [3.8, 4) is 5.88 Å². The Morgan fingerprint density at radius 3 is 2.85 bits per heavy atom. The van der Waals surface area contributed by atoms with Crippen molar-refractivity contribution in [2.45, 2.75) is 11.7 Å². The molecule has 0 radical (unpaired) electrons. The molecule has 2 heterocycles. The number of carbonyl (C=O) groups is 2. The summed E-state index contributed by atoms with van der Waals surface area (Å²) in [6.45, 7) is -0.154. The second-order valence-electron chi connectivity index (χ2n) is 3.68. The van der Waals surface area contributed by atoms with Crippen LogP contribution in [0.2, 0.25) is 0 Å². The first-order valence-corrected chi connectivity index (χ1v) is 6.39. The van der Waals surface area contributed by atoms with Crippen LogP contribution in [0.5, 0.6) is 5.88 Å². The molecule has 9 nitrogen and oxygen atoms in total. The van der Waals surface area contributed by atoms with Gasteiger partial charge in [-0.05, 0) is 0 Å². The molecule has 0 saturated heterocycles. The van der Waals surface area contributed by atoms with Gasteiger partial charge in [0.25, 0.3) is 0 Å². The first kappa shape index (κ1) is 14.1. The Bertz CT molecular complexity index is 671. The third-order valence-electron chi connectivity index (χ3n) is 2.30. The summed E-state index contributed by atoms with van der Waals surface area (Å²) in [4.78, 5) is 33.9. The highest BCUT2D eigenvalue weighted by Crippen LogP contribution is 2.26. The lowest BCUT2D eigenvalue weighted by Crippen LogP contribution is -2.19. The summed E-state index contributed by atoms with van der Waals surface area (Å²) < 4.78 is 6.50. The zero-order valence-electron chi connectivity index (χ0n) is 10.4. The number of methoxy groups -OCH3 is 1. The molecule has 0 aliphatic rings. The number of aliphatic carboxylic acids is 1. The summed E-state index contributed by atoms with van der Waals surface area (Å²) in [5.41, 5.74) is 5.90. The van der Waals surface area contributed by atoms with Crippen molar-refractivity contribution in [3.63, 3.8) is 0 Å². The lowest BCUT2D eigenvalue weighted by molar-refractivity contribution is -0.133. The van der Waals surface area contributed by atoms with Crippen molar-refractivity contribution in [2.24, 2.45) is 5.73 Å². The van der Waals surface area contributed by atoms with Crippen LogP contribution in [0.3, 0.4) is 0 Å². The maximum atomic E-state index is 11.1. The first-order chi connectivity index (χ1) is 9.52. The molecule has 1 amide bonds. The number of carboxylic acids is 1. The van der Waals surface area contributed by atoms with Crippen LogP contribution >= 0.6 is 11.8 Å². The maximum absolute atomic E-state index is 11.1. The van der Waals surface area contributed by atoms with Gasteiger partial charge in [0.15, 0.2) is 16.3 Å². The maximum Gasteiger partial charge on any atom is 0.313 e. The number of nitrogens with zero attached hydrogens (tertiary/aromatic N) is 4. The number of aromatic nitrogens is 4. The third-order valence-corrected chi connectivity index (χ3v) is 3.26. The van der Waals surface area contributed by atoms with E-state index in [0.717, 1.165) is 11.8 Å². The van der Waals surface area contributed by atoms with Gasteiger partial charge in [-0.2, -0.15) is 4.98 Å². The average molecular weight is 297 g/mol. The number of nitrogens with two attached hydrogens (primary N) is 1. The van der Waals surface area contributed by atoms with Crippen molar-refractivity contribution < 1.29 is 19.4 Å². The summed E-state index contributed by atoms with van der Waals surface area (Å²) in [7, 11) is 1.43. The fraction of sp³-hybridized carbons (Fsp3) is 0.300. The third kappa shape index (κ3) is 2.79. The molecule has 10 heteroatoms. The largest absolute Gasteiger partial charge is 0.481 e. The Hall–Kier alpha value is -2.36. The van der Waals surface area contributed by atoms with E-state index in [9.17, 15) is 9.59 Å². The molecule has 0 saturated carbocycles. The van der Waals surface area contributed by atoms with Crippen LogP contribution in [0.15, 0.2) is 11.5 Å². The molecule has 2 aromatic heterocycles. The van der Waals surface area contributed by atoms with E-state index in [-0.39, 0.29) is 18.2 Å². The van der Waals surface area contributed by atoms with Crippen LogP contribution in [0.4, 0.5) is 0 Å². The molecular formula is C10H11N5O4S. The van der Waals surface area contributed by atoms with E-state index in [0.29, 0.717) is 16.3 Å². The molecule has 106 valence electrons. The van der Waals surface area contributed by atoms with Gasteiger partial charge >= 0.3 is 5.97 Å². The van der Waals surface area contributed by atoms with Crippen LogP contribution in [0.25, 0.3) is 11.2 Å². The quantitative estimate of drug-likeness (QED) is 0.681. The lowest BCUT2D eigenvalue weighted by Gasteiger charge is -2.04. The van der Waals surface area contributed by atoms with Crippen molar-refractivity contribution >= 4 is 34.8 Å². The number of thioether (sulfide) groups is 1. The van der Waals surface area contributed by atoms with Crippen LogP contribution in [0.1, 0.15) is 0 Å². The summed E-state index contributed by atoms with van der Waals surface area (Å²) in [5.74, 6) is -1.53. The van der Waals surface area contributed by atoms with Gasteiger partial charge in [0.1, 0.15) is 12.9 Å². The van der Waals surface area contributed by atoms with E-state index in [4.69, 9.17) is 15.6 Å². The van der Waals surface area contributed by atoms with Crippen molar-refractivity contribution in [3.05, 3.63) is 6.33 Å². The van der Waals surface area contributed by atoms with E-state index >= 15 is 0 Å². The monoisotopic (exact) mass is 297 g/mol. The van der Waals surface area contributed by atoms with Gasteiger partial charge in [0.2, 0.25) is 11.8 Å². The molecule has 2 aromatic rings. The highest BCUT2D eigenvalue weighted by atomic mass is 32.2. The minimum Gasteiger partial charge on any atom is -0.481 e. The molecule has 0 aliphatic heterocycles. The number of fused-ring (bicyclic) bond motifs is 1. The predicted molar refractivity (Wildman–Crippen MR) is 69.4 cm³/mol. The van der Waals surface area contributed by atoms with Gasteiger partial charge in [0, 0.05) is 0 Å². The molecule has 0 atom stereocenters. The Morgan fingerprint density at radius 2 is 2.25 bits per heavy atom. The first-order valence-electron chi connectivity index (χ1n) is 5.41. The Morgan fingerprint density at radius 1 is 1.50 bits per heavy atom. The highest BCUT2D eigenvalue weighted by Gasteiger charge is 2.18. The van der Waals surface area contributed by atoms with Crippen LogP contribution < -0.4 is 10.5 Å². The number of imidazole rings is 1. The summed E-state index contributed by atoms with van der Waals surface area (Å²) >= 11 is 0.963. The second kappa shape index (κ2) is 5.74. The van der Waals surface area contributed by atoms with Crippen LogP contribution in [0, 0.1) is 0 Å². The van der Waals surface area contributed by atoms with Crippen molar-refractivity contribution in [1.29, 1.82) is 0 Å². The van der Waals surface area contributed by atoms with Gasteiger partial charge in [-0.1, -0.05) is 11.8 Å². The van der Waals surface area contributed by atoms with Gasteiger partial charge in [0.05, 0.1) is 12.9 Å². The molecule has 0 spiro atoms. The fourth-order valence-electron chi connectivity index (χ4n) is 1.58. The van der Waals surface area contributed by atoms with Crippen LogP contribution in [-0.2, 0) is 16.1 Å². The molecule has 0 aromatic carbocycles. The smallest absolute Gasteiger partial charge is 0.313 e. The number of ether oxygens (including phenoxy) is 1. The minimum absolute atomic E-state index is 0.154.